The minimum Gasteiger partial charge on any atom is -0.294 e. The summed E-state index contributed by atoms with van der Waals surface area (Å²) in [4.78, 5) is 12.0. The minimum absolute atomic E-state index is 0.311. The molecule has 1 heteroatoms. The Labute approximate surface area is 97.2 Å². The van der Waals surface area contributed by atoms with Crippen molar-refractivity contribution in [2.45, 2.75) is 39.5 Å². The molecule has 0 radical (unpaired) electrons. The van der Waals surface area contributed by atoms with Gasteiger partial charge in [0.15, 0.2) is 5.78 Å². The fourth-order valence-corrected chi connectivity index (χ4v) is 2.20. The zero-order valence-electron chi connectivity index (χ0n) is 10.0. The van der Waals surface area contributed by atoms with Crippen molar-refractivity contribution in [3.63, 3.8) is 0 Å². The molecule has 0 fully saturated rings. The van der Waals surface area contributed by atoms with Gasteiger partial charge in [0.1, 0.15) is 0 Å². The molecule has 0 bridgehead atoms. The summed E-state index contributed by atoms with van der Waals surface area (Å²) in [6.45, 7) is 4.15. The zero-order chi connectivity index (χ0) is 11.5. The third kappa shape index (κ3) is 2.41. The van der Waals surface area contributed by atoms with E-state index in [1.165, 1.54) is 16.7 Å². The van der Waals surface area contributed by atoms with E-state index in [1.54, 1.807) is 0 Å². The molecule has 2 rings (SSSR count). The predicted molar refractivity (Wildman–Crippen MR) is 66.6 cm³/mol. The van der Waals surface area contributed by atoms with Crippen LogP contribution in [0.1, 0.15) is 36.0 Å². The number of Topliss-reactive ketones (excluding diaryl/α,β-unsaturated/α-hetero) is 1. The smallest absolute Gasteiger partial charge is 0.162 e. The third-order valence-electron chi connectivity index (χ3n) is 3.25. The summed E-state index contributed by atoms with van der Waals surface area (Å²) in [5.74, 6) is 0.311. The number of hydrogen-bond acceptors (Lipinski definition) is 1. The number of carbonyl (C=O) groups excluding carboxylic acids is 1. The van der Waals surface area contributed by atoms with Gasteiger partial charge in [-0.25, -0.2) is 0 Å². The summed E-state index contributed by atoms with van der Waals surface area (Å²) in [5.41, 5.74) is 4.67. The van der Waals surface area contributed by atoms with Gasteiger partial charge in [-0.15, -0.1) is 0 Å². The van der Waals surface area contributed by atoms with Crippen LogP contribution in [0.2, 0.25) is 0 Å². The van der Waals surface area contributed by atoms with E-state index in [-0.39, 0.29) is 0 Å². The molecule has 0 saturated heterocycles. The van der Waals surface area contributed by atoms with Crippen molar-refractivity contribution in [2.75, 3.05) is 0 Å². The molecule has 0 unspecified atom stereocenters. The highest BCUT2D eigenvalue weighted by Crippen LogP contribution is 2.21. The van der Waals surface area contributed by atoms with Crippen LogP contribution in [0.25, 0.3) is 0 Å². The van der Waals surface area contributed by atoms with Crippen LogP contribution in [0.15, 0.2) is 29.8 Å². The standard InChI is InChI=1S/C15H18O/c1-11-7-8-12(2)14(9-11)10-15(16)13-5-3-4-6-13/h5,7-9H,3-4,6,10H2,1-2H3. The lowest BCUT2D eigenvalue weighted by Crippen LogP contribution is -2.06. The highest BCUT2D eigenvalue weighted by atomic mass is 16.1. The molecule has 0 N–H and O–H groups in total. The Hall–Kier alpha value is -1.37. The number of rotatable bonds is 3. The summed E-state index contributed by atoms with van der Waals surface area (Å²) >= 11 is 0. The summed E-state index contributed by atoms with van der Waals surface area (Å²) in [6, 6.07) is 6.32. The van der Waals surface area contributed by atoms with Gasteiger partial charge in [0.25, 0.3) is 0 Å². The highest BCUT2D eigenvalue weighted by molar-refractivity contribution is 5.97. The number of carbonyl (C=O) groups is 1. The largest absolute Gasteiger partial charge is 0.294 e. The molecule has 1 aromatic carbocycles. The Kier molecular flexibility index (Phi) is 3.23. The Balaban J connectivity index is 2.14. The predicted octanol–water partition coefficient (Wildman–Crippen LogP) is 3.53. The van der Waals surface area contributed by atoms with Crippen molar-refractivity contribution in [1.82, 2.24) is 0 Å². The Bertz CT molecular complexity index is 441. The lowest BCUT2D eigenvalue weighted by atomic mass is 9.97. The van der Waals surface area contributed by atoms with Gasteiger partial charge in [0, 0.05) is 6.42 Å². The Morgan fingerprint density at radius 3 is 2.81 bits per heavy atom. The summed E-state index contributed by atoms with van der Waals surface area (Å²) in [6.07, 6.45) is 5.87. The Morgan fingerprint density at radius 2 is 2.12 bits per heavy atom. The molecule has 0 spiro atoms. The first-order valence-electron chi connectivity index (χ1n) is 5.95. The fraction of sp³-hybridized carbons (Fsp3) is 0.400. The van der Waals surface area contributed by atoms with Crippen LogP contribution < -0.4 is 0 Å². The quantitative estimate of drug-likeness (QED) is 0.752. The summed E-state index contributed by atoms with van der Waals surface area (Å²) in [7, 11) is 0. The average molecular weight is 214 g/mol. The first-order valence-corrected chi connectivity index (χ1v) is 5.95. The molecule has 0 saturated carbocycles. The molecule has 0 atom stereocenters. The molecule has 0 aromatic heterocycles. The van der Waals surface area contributed by atoms with E-state index in [0.717, 1.165) is 24.8 Å². The summed E-state index contributed by atoms with van der Waals surface area (Å²) in [5, 5.41) is 0. The molecule has 1 aliphatic rings. The molecular weight excluding hydrogens is 196 g/mol. The van der Waals surface area contributed by atoms with Gasteiger partial charge in [-0.3, -0.25) is 4.79 Å². The minimum atomic E-state index is 0.311. The van der Waals surface area contributed by atoms with E-state index in [4.69, 9.17) is 0 Å². The van der Waals surface area contributed by atoms with Crippen molar-refractivity contribution in [1.29, 1.82) is 0 Å². The maximum atomic E-state index is 12.0. The van der Waals surface area contributed by atoms with Gasteiger partial charge >= 0.3 is 0 Å². The van der Waals surface area contributed by atoms with Crippen molar-refractivity contribution in [2.24, 2.45) is 0 Å². The third-order valence-corrected chi connectivity index (χ3v) is 3.25. The molecule has 1 aliphatic carbocycles. The molecule has 84 valence electrons. The molecular formula is C15H18O. The lowest BCUT2D eigenvalue weighted by Gasteiger charge is -2.07. The Morgan fingerprint density at radius 1 is 1.31 bits per heavy atom. The second-order valence-electron chi connectivity index (χ2n) is 4.65. The van der Waals surface area contributed by atoms with Crippen LogP contribution in [0.3, 0.4) is 0 Å². The van der Waals surface area contributed by atoms with Crippen LogP contribution in [0.5, 0.6) is 0 Å². The highest BCUT2D eigenvalue weighted by Gasteiger charge is 2.14. The molecule has 16 heavy (non-hydrogen) atoms. The van der Waals surface area contributed by atoms with Crippen molar-refractivity contribution in [3.8, 4) is 0 Å². The lowest BCUT2D eigenvalue weighted by molar-refractivity contribution is -0.115. The van der Waals surface area contributed by atoms with Gasteiger partial charge in [-0.2, -0.15) is 0 Å². The second-order valence-corrected chi connectivity index (χ2v) is 4.65. The van der Waals surface area contributed by atoms with Crippen LogP contribution in [-0.4, -0.2) is 5.78 Å². The topological polar surface area (TPSA) is 17.1 Å². The summed E-state index contributed by atoms with van der Waals surface area (Å²) < 4.78 is 0. The van der Waals surface area contributed by atoms with Gasteiger partial charge < -0.3 is 0 Å². The number of aryl methyl sites for hydroxylation is 2. The van der Waals surface area contributed by atoms with E-state index in [9.17, 15) is 4.79 Å². The molecule has 0 aliphatic heterocycles. The van der Waals surface area contributed by atoms with Crippen LogP contribution in [-0.2, 0) is 11.2 Å². The SMILES string of the molecule is Cc1ccc(C)c(CC(=O)C2=CCCC2)c1. The average Bonchev–Trinajstić information content (AvgIpc) is 2.76. The maximum Gasteiger partial charge on any atom is 0.162 e. The van der Waals surface area contributed by atoms with Gasteiger partial charge in [0.05, 0.1) is 0 Å². The zero-order valence-corrected chi connectivity index (χ0v) is 10.0. The van der Waals surface area contributed by atoms with E-state index < -0.39 is 0 Å². The van der Waals surface area contributed by atoms with E-state index in [1.807, 2.05) is 0 Å². The number of allylic oxidation sites excluding steroid dienone is 2. The fourth-order valence-electron chi connectivity index (χ4n) is 2.20. The number of benzene rings is 1. The van der Waals surface area contributed by atoms with Crippen molar-refractivity contribution < 1.29 is 4.79 Å². The molecule has 0 amide bonds. The molecule has 0 heterocycles. The second kappa shape index (κ2) is 4.65. The maximum absolute atomic E-state index is 12.0. The first-order chi connectivity index (χ1) is 7.66. The van der Waals surface area contributed by atoms with Gasteiger partial charge in [-0.05, 0) is 49.8 Å². The van der Waals surface area contributed by atoms with Crippen molar-refractivity contribution >= 4 is 5.78 Å². The normalized spacial score (nSPS) is 15.0. The van der Waals surface area contributed by atoms with Gasteiger partial charge in [0.2, 0.25) is 0 Å². The first kappa shape index (κ1) is 11.1. The number of ketones is 1. The van der Waals surface area contributed by atoms with Gasteiger partial charge in [-0.1, -0.05) is 29.8 Å². The van der Waals surface area contributed by atoms with E-state index in [0.29, 0.717) is 12.2 Å². The molecule has 1 nitrogen and oxygen atoms in total. The van der Waals surface area contributed by atoms with Crippen LogP contribution in [0.4, 0.5) is 0 Å². The van der Waals surface area contributed by atoms with E-state index >= 15 is 0 Å². The van der Waals surface area contributed by atoms with E-state index in [2.05, 4.69) is 38.1 Å². The monoisotopic (exact) mass is 214 g/mol. The molecule has 1 aromatic rings. The number of hydrogen-bond donors (Lipinski definition) is 0. The van der Waals surface area contributed by atoms with Crippen molar-refractivity contribution in [3.05, 3.63) is 46.5 Å². The van der Waals surface area contributed by atoms with Crippen LogP contribution >= 0.6 is 0 Å². The van der Waals surface area contributed by atoms with Crippen LogP contribution in [0, 0.1) is 13.8 Å².